The van der Waals surface area contributed by atoms with Gasteiger partial charge >= 0.3 is 0 Å². The van der Waals surface area contributed by atoms with Gasteiger partial charge in [0.25, 0.3) is 11.6 Å². The summed E-state index contributed by atoms with van der Waals surface area (Å²) in [4.78, 5) is 34.6. The zero-order valence-corrected chi connectivity index (χ0v) is 14.2. The molecule has 1 heterocycles. The second-order valence-electron chi connectivity index (χ2n) is 7.00. The minimum atomic E-state index is -0.509. The van der Waals surface area contributed by atoms with Crippen LogP contribution in [0.25, 0.3) is 0 Å². The molecule has 1 aromatic rings. The highest BCUT2D eigenvalue weighted by atomic mass is 16.6. The van der Waals surface area contributed by atoms with Crippen LogP contribution in [-0.4, -0.2) is 28.8 Å². The molecule has 25 heavy (non-hydrogen) atoms. The number of nitro benzene ring substituents is 1. The Morgan fingerprint density at radius 1 is 1.40 bits per heavy atom. The van der Waals surface area contributed by atoms with E-state index in [0.717, 1.165) is 19.3 Å². The van der Waals surface area contributed by atoms with E-state index in [2.05, 4.69) is 17.6 Å². The Kier molecular flexibility index (Phi) is 5.01. The zero-order valence-electron chi connectivity index (χ0n) is 14.2. The van der Waals surface area contributed by atoms with Crippen LogP contribution in [0.4, 0.5) is 5.69 Å². The highest BCUT2D eigenvalue weighted by molar-refractivity contribution is 5.95. The minimum Gasteiger partial charge on any atom is -0.353 e. The summed E-state index contributed by atoms with van der Waals surface area (Å²) in [5.41, 5.74) is 0.192. The predicted molar refractivity (Wildman–Crippen MR) is 92.0 cm³/mol. The maximum absolute atomic E-state index is 12.4. The van der Waals surface area contributed by atoms with Crippen LogP contribution in [0, 0.1) is 22.0 Å². The molecule has 4 unspecified atom stereocenters. The van der Waals surface area contributed by atoms with Crippen molar-refractivity contribution in [3.63, 3.8) is 0 Å². The maximum atomic E-state index is 12.4. The van der Waals surface area contributed by atoms with Gasteiger partial charge in [0.2, 0.25) is 5.91 Å². The van der Waals surface area contributed by atoms with Crippen molar-refractivity contribution in [2.75, 3.05) is 0 Å². The third-order valence-electron chi connectivity index (χ3n) is 5.48. The van der Waals surface area contributed by atoms with Crippen molar-refractivity contribution in [1.82, 2.24) is 10.6 Å². The highest BCUT2D eigenvalue weighted by Gasteiger charge is 2.40. The van der Waals surface area contributed by atoms with Gasteiger partial charge in [0, 0.05) is 36.2 Å². The summed E-state index contributed by atoms with van der Waals surface area (Å²) in [6.45, 7) is 2.12. The second kappa shape index (κ2) is 7.21. The van der Waals surface area contributed by atoms with E-state index in [-0.39, 0.29) is 35.1 Å². The van der Waals surface area contributed by atoms with Crippen LogP contribution in [0.1, 0.15) is 49.4 Å². The largest absolute Gasteiger partial charge is 0.353 e. The molecule has 0 spiro atoms. The fraction of sp³-hybridized carbons (Fsp3) is 0.556. The summed E-state index contributed by atoms with van der Waals surface area (Å²) in [6.07, 6.45) is 4.16. The first kappa shape index (κ1) is 17.4. The average Bonchev–Trinajstić information content (AvgIpc) is 2.60. The van der Waals surface area contributed by atoms with Gasteiger partial charge in [-0.25, -0.2) is 0 Å². The number of nitrogens with zero attached hydrogens (tertiary/aromatic N) is 1. The number of hydrogen-bond acceptors (Lipinski definition) is 4. The molecule has 1 saturated carbocycles. The van der Waals surface area contributed by atoms with Crippen molar-refractivity contribution in [2.24, 2.45) is 11.8 Å². The van der Waals surface area contributed by atoms with E-state index in [1.54, 1.807) is 6.07 Å². The monoisotopic (exact) mass is 345 g/mol. The van der Waals surface area contributed by atoms with Crippen LogP contribution in [0.15, 0.2) is 24.3 Å². The fourth-order valence-electron chi connectivity index (χ4n) is 4.19. The van der Waals surface area contributed by atoms with Gasteiger partial charge in [-0.2, -0.15) is 0 Å². The number of nitro groups is 1. The van der Waals surface area contributed by atoms with Crippen molar-refractivity contribution in [2.45, 2.75) is 51.1 Å². The molecule has 2 amide bonds. The molecule has 2 aliphatic rings. The third-order valence-corrected chi connectivity index (χ3v) is 5.48. The molecule has 2 fully saturated rings. The normalized spacial score (nSPS) is 28.6. The number of amides is 2. The van der Waals surface area contributed by atoms with Gasteiger partial charge in [-0.05, 0) is 37.2 Å². The van der Waals surface area contributed by atoms with Crippen LogP contribution < -0.4 is 10.6 Å². The molecule has 134 valence electrons. The first-order valence-corrected chi connectivity index (χ1v) is 8.82. The van der Waals surface area contributed by atoms with E-state index < -0.39 is 4.92 Å². The van der Waals surface area contributed by atoms with Gasteiger partial charge in [0.05, 0.1) is 4.92 Å². The van der Waals surface area contributed by atoms with Crippen LogP contribution in [-0.2, 0) is 4.79 Å². The molecule has 1 aliphatic heterocycles. The molecule has 0 bridgehead atoms. The van der Waals surface area contributed by atoms with E-state index in [0.29, 0.717) is 24.7 Å². The molecule has 7 nitrogen and oxygen atoms in total. The smallest absolute Gasteiger partial charge is 0.270 e. The van der Waals surface area contributed by atoms with Gasteiger partial charge in [-0.15, -0.1) is 0 Å². The van der Waals surface area contributed by atoms with Crippen molar-refractivity contribution in [3.05, 3.63) is 39.9 Å². The number of carbonyl (C=O) groups is 2. The number of nitrogens with one attached hydrogen (secondary N) is 2. The summed E-state index contributed by atoms with van der Waals surface area (Å²) in [5.74, 6) is 0.695. The van der Waals surface area contributed by atoms with E-state index in [4.69, 9.17) is 0 Å². The maximum Gasteiger partial charge on any atom is 0.270 e. The van der Waals surface area contributed by atoms with Gasteiger partial charge in [0.15, 0.2) is 0 Å². The third kappa shape index (κ3) is 3.81. The Balaban J connectivity index is 1.64. The van der Waals surface area contributed by atoms with Gasteiger partial charge in [-0.1, -0.05) is 19.4 Å². The minimum absolute atomic E-state index is 0.0241. The Morgan fingerprint density at radius 2 is 2.20 bits per heavy atom. The lowest BCUT2D eigenvalue weighted by Crippen LogP contribution is -2.55. The number of carbonyl (C=O) groups excluding carboxylic acids is 2. The second-order valence-corrected chi connectivity index (χ2v) is 7.00. The van der Waals surface area contributed by atoms with Crippen LogP contribution in [0.2, 0.25) is 0 Å². The fourth-order valence-corrected chi connectivity index (χ4v) is 4.19. The van der Waals surface area contributed by atoms with E-state index in [1.807, 2.05) is 0 Å². The summed E-state index contributed by atoms with van der Waals surface area (Å²) >= 11 is 0. The Morgan fingerprint density at radius 3 is 2.92 bits per heavy atom. The Hall–Kier alpha value is -2.44. The topological polar surface area (TPSA) is 101 Å². The summed E-state index contributed by atoms with van der Waals surface area (Å²) in [5, 5.41) is 16.9. The van der Waals surface area contributed by atoms with Crippen molar-refractivity contribution in [1.29, 1.82) is 0 Å². The Labute approximate surface area is 146 Å². The Bertz CT molecular complexity index is 691. The first-order chi connectivity index (χ1) is 12.0. The summed E-state index contributed by atoms with van der Waals surface area (Å²) in [6, 6.07) is 5.82. The van der Waals surface area contributed by atoms with Crippen LogP contribution in [0.3, 0.4) is 0 Å². The summed E-state index contributed by atoms with van der Waals surface area (Å²) in [7, 11) is 0. The van der Waals surface area contributed by atoms with E-state index in [1.165, 1.54) is 18.2 Å². The highest BCUT2D eigenvalue weighted by Crippen LogP contribution is 2.37. The van der Waals surface area contributed by atoms with Crippen LogP contribution >= 0.6 is 0 Å². The van der Waals surface area contributed by atoms with Crippen molar-refractivity contribution >= 4 is 17.5 Å². The average molecular weight is 345 g/mol. The van der Waals surface area contributed by atoms with Crippen molar-refractivity contribution < 1.29 is 14.5 Å². The lowest BCUT2D eigenvalue weighted by atomic mass is 9.70. The standard InChI is InChI=1S/C18H23N3O4/c1-2-11-9-17(22)20-16-10-13(6-7-15(11)16)19-18(23)12-4-3-5-14(8-12)21(24)25/h3-5,8,11,13,15-16H,2,6-7,9-10H2,1H3,(H,19,23)(H,20,22). The quantitative estimate of drug-likeness (QED) is 0.646. The molecular formula is C18H23N3O4. The number of rotatable bonds is 4. The molecule has 0 radical (unpaired) electrons. The lowest BCUT2D eigenvalue weighted by molar-refractivity contribution is -0.384. The first-order valence-electron chi connectivity index (χ1n) is 8.82. The molecule has 2 N–H and O–H groups in total. The molecule has 1 saturated heterocycles. The van der Waals surface area contributed by atoms with E-state index in [9.17, 15) is 19.7 Å². The molecule has 7 heteroatoms. The summed E-state index contributed by atoms with van der Waals surface area (Å²) < 4.78 is 0. The van der Waals surface area contributed by atoms with E-state index >= 15 is 0 Å². The van der Waals surface area contributed by atoms with Gasteiger partial charge < -0.3 is 10.6 Å². The number of benzene rings is 1. The molecule has 0 aromatic heterocycles. The van der Waals surface area contributed by atoms with Crippen LogP contribution in [0.5, 0.6) is 0 Å². The number of fused-ring (bicyclic) bond motifs is 1. The molecule has 1 aliphatic carbocycles. The van der Waals surface area contributed by atoms with Crippen molar-refractivity contribution in [3.8, 4) is 0 Å². The van der Waals surface area contributed by atoms with Gasteiger partial charge in [0.1, 0.15) is 0 Å². The van der Waals surface area contributed by atoms with Gasteiger partial charge in [-0.3, -0.25) is 19.7 Å². The number of hydrogen-bond donors (Lipinski definition) is 2. The molecule has 3 rings (SSSR count). The SMILES string of the molecule is CCC1CC(=O)NC2CC(NC(=O)c3cccc([N+](=O)[O-])c3)CCC12. The number of non-ortho nitro benzene ring substituents is 1. The molecular weight excluding hydrogens is 322 g/mol. The lowest BCUT2D eigenvalue weighted by Gasteiger charge is -2.44. The molecule has 4 atom stereocenters. The number of piperidine rings is 1. The zero-order chi connectivity index (χ0) is 18.0. The molecule has 1 aromatic carbocycles. The predicted octanol–water partition coefficient (Wildman–Crippen LogP) is 2.41.